The molecule has 2 aromatic rings. The molecule has 0 aromatic heterocycles. The Morgan fingerprint density at radius 3 is 2.44 bits per heavy atom. The maximum atomic E-state index is 6.14. The molecule has 0 amide bonds. The molecule has 0 fully saturated rings. The number of hydrogen-bond acceptors (Lipinski definition) is 4. The largest absolute Gasteiger partial charge is 0.490 e. The molecular formula is C18H19Cl2IN2O2. The van der Waals surface area contributed by atoms with Crippen LogP contribution in [0, 0.1) is 3.57 Å². The second-order valence-electron chi connectivity index (χ2n) is 4.99. The number of ether oxygens (including phenoxy) is 2. The molecule has 2 rings (SSSR count). The molecule has 0 unspecified atom stereocenters. The van der Waals surface area contributed by atoms with Crippen molar-refractivity contribution in [3.05, 3.63) is 55.1 Å². The van der Waals surface area contributed by atoms with Crippen molar-refractivity contribution >= 4 is 52.0 Å². The first-order chi connectivity index (χ1) is 12.1. The van der Waals surface area contributed by atoms with Gasteiger partial charge in [0.2, 0.25) is 0 Å². The number of hydrogen-bond donors (Lipinski definition) is 1. The molecule has 2 aromatic carbocycles. The number of rotatable bonds is 8. The van der Waals surface area contributed by atoms with Gasteiger partial charge in [0.1, 0.15) is 0 Å². The number of nitrogens with one attached hydrogen (secondary N) is 1. The Bertz CT molecular complexity index is 734. The Kier molecular flexibility index (Phi) is 8.12. The molecule has 0 bridgehead atoms. The summed E-state index contributed by atoms with van der Waals surface area (Å²) in [6.45, 7) is 5.49. The highest BCUT2D eigenvalue weighted by atomic mass is 127. The van der Waals surface area contributed by atoms with E-state index in [1.807, 2.05) is 32.0 Å². The minimum atomic E-state index is 0.446. The van der Waals surface area contributed by atoms with Crippen molar-refractivity contribution in [2.45, 2.75) is 20.4 Å². The summed E-state index contributed by atoms with van der Waals surface area (Å²) < 4.78 is 12.3. The predicted molar refractivity (Wildman–Crippen MR) is 112 cm³/mol. The first-order valence-electron chi connectivity index (χ1n) is 7.84. The average molecular weight is 493 g/mol. The van der Waals surface area contributed by atoms with Crippen LogP contribution < -0.4 is 14.9 Å². The van der Waals surface area contributed by atoms with E-state index in [4.69, 9.17) is 32.7 Å². The van der Waals surface area contributed by atoms with Crippen LogP contribution in [0.25, 0.3) is 0 Å². The smallest absolute Gasteiger partial charge is 0.174 e. The molecule has 0 atom stereocenters. The van der Waals surface area contributed by atoms with E-state index in [-0.39, 0.29) is 0 Å². The van der Waals surface area contributed by atoms with Crippen LogP contribution in [0.15, 0.2) is 35.4 Å². The molecule has 0 aliphatic heterocycles. The van der Waals surface area contributed by atoms with E-state index in [0.29, 0.717) is 35.6 Å². The van der Waals surface area contributed by atoms with Crippen LogP contribution in [0.1, 0.15) is 25.0 Å². The zero-order valence-electron chi connectivity index (χ0n) is 14.0. The molecule has 1 N–H and O–H groups in total. The van der Waals surface area contributed by atoms with Gasteiger partial charge < -0.3 is 14.9 Å². The van der Waals surface area contributed by atoms with Crippen molar-refractivity contribution in [1.29, 1.82) is 0 Å². The summed E-state index contributed by atoms with van der Waals surface area (Å²) in [5, 5.41) is 5.48. The van der Waals surface area contributed by atoms with Crippen LogP contribution in [0.4, 0.5) is 0 Å². The summed E-state index contributed by atoms with van der Waals surface area (Å²) in [5.41, 5.74) is 4.70. The lowest BCUT2D eigenvalue weighted by atomic mass is 10.2. The summed E-state index contributed by atoms with van der Waals surface area (Å²) in [5.74, 6) is 1.48. The molecule has 0 heterocycles. The van der Waals surface area contributed by atoms with Crippen molar-refractivity contribution in [1.82, 2.24) is 5.43 Å². The highest BCUT2D eigenvalue weighted by molar-refractivity contribution is 14.1. The van der Waals surface area contributed by atoms with Gasteiger partial charge in [-0.1, -0.05) is 29.3 Å². The third kappa shape index (κ3) is 5.66. The van der Waals surface area contributed by atoms with Crippen LogP contribution in [-0.4, -0.2) is 19.4 Å². The second-order valence-corrected chi connectivity index (χ2v) is 6.97. The zero-order valence-corrected chi connectivity index (χ0v) is 17.7. The lowest BCUT2D eigenvalue weighted by Gasteiger charge is -2.13. The van der Waals surface area contributed by atoms with E-state index in [1.165, 1.54) is 0 Å². The Hall–Kier alpha value is -1.18. The fourth-order valence-corrected chi connectivity index (χ4v) is 3.47. The molecule has 0 saturated heterocycles. The first kappa shape index (κ1) is 20.1. The van der Waals surface area contributed by atoms with Crippen LogP contribution in [0.5, 0.6) is 11.5 Å². The fraction of sp³-hybridized carbons (Fsp3) is 0.278. The zero-order chi connectivity index (χ0) is 18.2. The Balaban J connectivity index is 2.10. The van der Waals surface area contributed by atoms with Crippen LogP contribution in [0.2, 0.25) is 10.0 Å². The standard InChI is InChI=1S/C18H19Cl2IN2O2/c1-3-24-17-9-12(8-16(21)18(17)25-4-2)10-22-23-11-13-14(19)6-5-7-15(13)20/h5-10,23H,3-4,11H2,1-2H3/b22-10+. The van der Waals surface area contributed by atoms with Crippen molar-refractivity contribution in [2.24, 2.45) is 5.10 Å². The second kappa shape index (κ2) is 10.1. The molecule has 0 radical (unpaired) electrons. The molecule has 0 aliphatic carbocycles. The molecule has 0 spiro atoms. The van der Waals surface area contributed by atoms with Crippen LogP contribution in [0.3, 0.4) is 0 Å². The van der Waals surface area contributed by atoms with E-state index < -0.39 is 0 Å². The minimum Gasteiger partial charge on any atom is -0.490 e. The van der Waals surface area contributed by atoms with Gasteiger partial charge in [-0.3, -0.25) is 0 Å². The van der Waals surface area contributed by atoms with Crippen molar-refractivity contribution in [2.75, 3.05) is 13.2 Å². The van der Waals surface area contributed by atoms with Crippen molar-refractivity contribution in [3.8, 4) is 11.5 Å². The third-order valence-electron chi connectivity index (χ3n) is 3.24. The average Bonchev–Trinajstić information content (AvgIpc) is 2.57. The van der Waals surface area contributed by atoms with Crippen molar-refractivity contribution < 1.29 is 9.47 Å². The van der Waals surface area contributed by atoms with E-state index >= 15 is 0 Å². The number of benzene rings is 2. The molecule has 25 heavy (non-hydrogen) atoms. The quantitative estimate of drug-likeness (QED) is 0.300. The third-order valence-corrected chi connectivity index (χ3v) is 4.75. The maximum absolute atomic E-state index is 6.14. The van der Waals surface area contributed by atoms with Crippen LogP contribution >= 0.6 is 45.8 Å². The van der Waals surface area contributed by atoms with Gasteiger partial charge in [-0.2, -0.15) is 5.10 Å². The van der Waals surface area contributed by atoms with E-state index in [9.17, 15) is 0 Å². The predicted octanol–water partition coefficient (Wildman–Crippen LogP) is 5.52. The molecule has 0 saturated carbocycles. The number of hydrazone groups is 1. The highest BCUT2D eigenvalue weighted by Gasteiger charge is 2.11. The van der Waals surface area contributed by atoms with Crippen LogP contribution in [-0.2, 0) is 6.54 Å². The number of nitrogens with zero attached hydrogens (tertiary/aromatic N) is 1. The molecular weight excluding hydrogens is 474 g/mol. The van der Waals surface area contributed by atoms with Crippen molar-refractivity contribution in [3.63, 3.8) is 0 Å². The monoisotopic (exact) mass is 492 g/mol. The van der Waals surface area contributed by atoms with Gasteiger partial charge in [-0.05, 0) is 66.3 Å². The summed E-state index contributed by atoms with van der Waals surface area (Å²) in [4.78, 5) is 0. The lowest BCUT2D eigenvalue weighted by Crippen LogP contribution is -2.07. The molecule has 7 heteroatoms. The van der Waals surface area contributed by atoms with Gasteiger partial charge >= 0.3 is 0 Å². The number of halogens is 3. The topological polar surface area (TPSA) is 42.8 Å². The van der Waals surface area contributed by atoms with Gasteiger partial charge in [0.15, 0.2) is 11.5 Å². The van der Waals surface area contributed by atoms with E-state index in [2.05, 4.69) is 33.1 Å². The Labute approximate surface area is 171 Å². The van der Waals surface area contributed by atoms with Gasteiger partial charge in [-0.15, -0.1) is 0 Å². The maximum Gasteiger partial charge on any atom is 0.174 e. The van der Waals surface area contributed by atoms with E-state index in [0.717, 1.165) is 20.4 Å². The van der Waals surface area contributed by atoms with E-state index in [1.54, 1.807) is 18.3 Å². The Morgan fingerprint density at radius 2 is 1.80 bits per heavy atom. The van der Waals surface area contributed by atoms with Gasteiger partial charge in [0.05, 0.1) is 29.5 Å². The van der Waals surface area contributed by atoms with Gasteiger partial charge in [0, 0.05) is 15.6 Å². The summed E-state index contributed by atoms with van der Waals surface area (Å²) >= 11 is 14.5. The Morgan fingerprint density at radius 1 is 1.12 bits per heavy atom. The summed E-state index contributed by atoms with van der Waals surface area (Å²) in [7, 11) is 0. The fourth-order valence-electron chi connectivity index (χ4n) is 2.16. The molecule has 4 nitrogen and oxygen atoms in total. The first-order valence-corrected chi connectivity index (χ1v) is 9.68. The molecule has 134 valence electrons. The molecule has 0 aliphatic rings. The SMILES string of the molecule is CCOc1cc(/C=N/NCc2c(Cl)cccc2Cl)cc(I)c1OCC. The summed E-state index contributed by atoms with van der Waals surface area (Å²) in [6.07, 6.45) is 1.73. The lowest BCUT2D eigenvalue weighted by molar-refractivity contribution is 0.286. The highest BCUT2D eigenvalue weighted by Crippen LogP contribution is 2.33. The van der Waals surface area contributed by atoms with Gasteiger partial charge in [-0.25, -0.2) is 0 Å². The summed E-state index contributed by atoms with van der Waals surface area (Å²) in [6, 6.07) is 9.31. The minimum absolute atomic E-state index is 0.446. The van der Waals surface area contributed by atoms with Gasteiger partial charge in [0.25, 0.3) is 0 Å². The normalized spacial score (nSPS) is 10.9.